The van der Waals surface area contributed by atoms with Crippen LogP contribution < -0.4 is 0 Å². The third-order valence-electron chi connectivity index (χ3n) is 11.5. The van der Waals surface area contributed by atoms with Crippen LogP contribution in [0.15, 0.2) is 200 Å². The van der Waals surface area contributed by atoms with Crippen LogP contribution in [-0.2, 0) is 0 Å². The summed E-state index contributed by atoms with van der Waals surface area (Å²) in [5.41, 5.74) is 9.49. The van der Waals surface area contributed by atoms with E-state index in [4.69, 9.17) is 15.0 Å². The molecule has 0 bridgehead atoms. The van der Waals surface area contributed by atoms with Gasteiger partial charge in [-0.2, -0.15) is 0 Å². The SMILES string of the molecule is c1ccc(-c2nc(-c3ccc4c(c3)c3ccccc3n4-c3ccccc3)nc(-c3ccc4ccccc4c3-n3c4ccccc4c4cc5ccccc5cc43)n2)cc1. The molecule has 3 heterocycles. The number of fused-ring (bicyclic) bond motifs is 8. The van der Waals surface area contributed by atoms with Crippen LogP contribution in [0.4, 0.5) is 0 Å². The lowest BCUT2D eigenvalue weighted by Gasteiger charge is -2.17. The van der Waals surface area contributed by atoms with Crippen LogP contribution in [-0.4, -0.2) is 24.1 Å². The monoisotopic (exact) mass is 739 g/mol. The molecule has 0 aliphatic rings. The van der Waals surface area contributed by atoms with Crippen LogP contribution in [0, 0.1) is 0 Å². The van der Waals surface area contributed by atoms with Gasteiger partial charge in [-0.05, 0) is 76.8 Å². The quantitative estimate of drug-likeness (QED) is 0.177. The Balaban J connectivity index is 1.15. The first-order valence-corrected chi connectivity index (χ1v) is 19.6. The summed E-state index contributed by atoms with van der Waals surface area (Å²) in [6.07, 6.45) is 0. The van der Waals surface area contributed by atoms with Crippen molar-refractivity contribution in [3.63, 3.8) is 0 Å². The number of benzene rings is 9. The van der Waals surface area contributed by atoms with Gasteiger partial charge in [0.15, 0.2) is 17.5 Å². The molecule has 0 fully saturated rings. The Morgan fingerprint density at radius 2 is 0.828 bits per heavy atom. The number of para-hydroxylation sites is 3. The van der Waals surface area contributed by atoms with Gasteiger partial charge in [-0.3, -0.25) is 0 Å². The Kier molecular flexibility index (Phi) is 7.16. The molecule has 0 radical (unpaired) electrons. The molecule has 0 aliphatic carbocycles. The van der Waals surface area contributed by atoms with Gasteiger partial charge in [-0.15, -0.1) is 0 Å². The predicted octanol–water partition coefficient (Wildman–Crippen LogP) is 13.4. The van der Waals surface area contributed by atoms with Crippen LogP contribution in [0.25, 0.3) is 111 Å². The fourth-order valence-electron chi connectivity index (χ4n) is 8.88. The van der Waals surface area contributed by atoms with Crippen LogP contribution in [0.2, 0.25) is 0 Å². The van der Waals surface area contributed by atoms with E-state index in [0.717, 1.165) is 66.3 Å². The van der Waals surface area contributed by atoms with Crippen LogP contribution in [0.1, 0.15) is 0 Å². The van der Waals surface area contributed by atoms with Crippen molar-refractivity contribution < 1.29 is 0 Å². The van der Waals surface area contributed by atoms with Gasteiger partial charge in [0.05, 0.1) is 27.8 Å². The first-order chi connectivity index (χ1) is 28.8. The van der Waals surface area contributed by atoms with Crippen molar-refractivity contribution in [1.29, 1.82) is 0 Å². The molecule has 12 aromatic rings. The van der Waals surface area contributed by atoms with E-state index in [-0.39, 0.29) is 0 Å². The van der Waals surface area contributed by atoms with Gasteiger partial charge in [0, 0.05) is 49.3 Å². The summed E-state index contributed by atoms with van der Waals surface area (Å²) in [7, 11) is 0. The molecule has 0 atom stereocenters. The Labute approximate surface area is 333 Å². The first-order valence-electron chi connectivity index (χ1n) is 19.6. The predicted molar refractivity (Wildman–Crippen MR) is 240 cm³/mol. The highest BCUT2D eigenvalue weighted by Crippen LogP contribution is 2.41. The lowest BCUT2D eigenvalue weighted by molar-refractivity contribution is 1.07. The third kappa shape index (κ3) is 5.00. The largest absolute Gasteiger partial charge is 0.309 e. The molecule has 12 rings (SSSR count). The second-order valence-electron chi connectivity index (χ2n) is 14.8. The third-order valence-corrected chi connectivity index (χ3v) is 11.5. The molecule has 0 spiro atoms. The van der Waals surface area contributed by atoms with Gasteiger partial charge in [0.1, 0.15) is 0 Å². The summed E-state index contributed by atoms with van der Waals surface area (Å²) >= 11 is 0. The molecular weight excluding hydrogens is 707 g/mol. The highest BCUT2D eigenvalue weighted by atomic mass is 15.1. The van der Waals surface area contributed by atoms with E-state index in [1.54, 1.807) is 0 Å². The number of nitrogens with zero attached hydrogens (tertiary/aromatic N) is 5. The zero-order valence-corrected chi connectivity index (χ0v) is 31.3. The fourth-order valence-corrected chi connectivity index (χ4v) is 8.88. The number of aromatic nitrogens is 5. The second-order valence-corrected chi connectivity index (χ2v) is 14.8. The average Bonchev–Trinajstić information content (AvgIpc) is 3.80. The van der Waals surface area contributed by atoms with Crippen LogP contribution >= 0.6 is 0 Å². The van der Waals surface area contributed by atoms with E-state index in [1.165, 1.54) is 26.9 Å². The van der Waals surface area contributed by atoms with Gasteiger partial charge in [0.25, 0.3) is 0 Å². The average molecular weight is 740 g/mol. The lowest BCUT2D eigenvalue weighted by atomic mass is 10.0. The molecule has 58 heavy (non-hydrogen) atoms. The molecule has 5 heteroatoms. The molecule has 0 unspecified atom stereocenters. The molecular formula is C53H33N5. The summed E-state index contributed by atoms with van der Waals surface area (Å²) in [5.74, 6) is 1.86. The molecule has 0 amide bonds. The van der Waals surface area contributed by atoms with E-state index >= 15 is 0 Å². The maximum absolute atomic E-state index is 5.40. The molecule has 0 saturated carbocycles. The maximum Gasteiger partial charge on any atom is 0.166 e. The zero-order chi connectivity index (χ0) is 38.2. The maximum atomic E-state index is 5.40. The summed E-state index contributed by atoms with van der Waals surface area (Å²) in [5, 5.41) is 9.40. The smallest absolute Gasteiger partial charge is 0.166 e. The van der Waals surface area contributed by atoms with Gasteiger partial charge < -0.3 is 9.13 Å². The Bertz CT molecular complexity index is 3560. The fraction of sp³-hybridized carbons (Fsp3) is 0. The highest BCUT2D eigenvalue weighted by Gasteiger charge is 2.22. The highest BCUT2D eigenvalue weighted by molar-refractivity contribution is 6.15. The molecule has 0 saturated heterocycles. The topological polar surface area (TPSA) is 48.5 Å². The van der Waals surface area contributed by atoms with E-state index < -0.39 is 0 Å². The minimum Gasteiger partial charge on any atom is -0.309 e. The van der Waals surface area contributed by atoms with E-state index in [0.29, 0.717) is 17.5 Å². The van der Waals surface area contributed by atoms with Crippen molar-refractivity contribution in [3.05, 3.63) is 200 Å². The van der Waals surface area contributed by atoms with E-state index in [9.17, 15) is 0 Å². The van der Waals surface area contributed by atoms with Crippen molar-refractivity contribution >= 4 is 65.2 Å². The summed E-state index contributed by atoms with van der Waals surface area (Å²) in [4.78, 5) is 15.9. The Morgan fingerprint density at radius 1 is 0.293 bits per heavy atom. The van der Waals surface area contributed by atoms with Gasteiger partial charge in [-0.25, -0.2) is 15.0 Å². The number of hydrogen-bond acceptors (Lipinski definition) is 3. The summed E-state index contributed by atoms with van der Waals surface area (Å²) in [6.45, 7) is 0. The Morgan fingerprint density at radius 3 is 1.57 bits per heavy atom. The van der Waals surface area contributed by atoms with Gasteiger partial charge in [0.2, 0.25) is 0 Å². The summed E-state index contributed by atoms with van der Waals surface area (Å²) < 4.78 is 4.75. The molecule has 9 aromatic carbocycles. The van der Waals surface area contributed by atoms with Crippen molar-refractivity contribution in [2.75, 3.05) is 0 Å². The minimum atomic E-state index is 0.614. The molecule has 3 aromatic heterocycles. The van der Waals surface area contributed by atoms with E-state index in [2.05, 4.69) is 191 Å². The summed E-state index contributed by atoms with van der Waals surface area (Å²) in [6, 6.07) is 70.9. The second kappa shape index (κ2) is 12.8. The first kappa shape index (κ1) is 32.4. The number of hydrogen-bond donors (Lipinski definition) is 0. The van der Waals surface area contributed by atoms with E-state index in [1.807, 2.05) is 18.2 Å². The normalized spacial score (nSPS) is 11.8. The molecule has 0 N–H and O–H groups in total. The van der Waals surface area contributed by atoms with Gasteiger partial charge in [-0.1, -0.05) is 140 Å². The van der Waals surface area contributed by atoms with Crippen molar-refractivity contribution in [2.24, 2.45) is 0 Å². The van der Waals surface area contributed by atoms with Crippen LogP contribution in [0.3, 0.4) is 0 Å². The zero-order valence-electron chi connectivity index (χ0n) is 31.3. The van der Waals surface area contributed by atoms with Crippen molar-refractivity contribution in [2.45, 2.75) is 0 Å². The molecule has 270 valence electrons. The molecule has 5 nitrogen and oxygen atoms in total. The van der Waals surface area contributed by atoms with Crippen molar-refractivity contribution in [1.82, 2.24) is 24.1 Å². The van der Waals surface area contributed by atoms with Crippen molar-refractivity contribution in [3.8, 4) is 45.5 Å². The van der Waals surface area contributed by atoms with Gasteiger partial charge >= 0.3 is 0 Å². The molecule has 0 aliphatic heterocycles. The standard InChI is InChI=1S/C53H33N5/c1-3-16-35(17-4-1)51-54-52(38-28-30-48-44(32-38)41-23-11-13-25-46(41)57(48)39-20-5-2-6-21-39)56-53(55-51)43-29-27-34-15-9-10-22-40(34)50(43)58-47-26-14-12-24-42(47)45-31-36-18-7-8-19-37(36)33-49(45)58/h1-33H. The Hall–Kier alpha value is -7.89. The number of rotatable bonds is 5. The minimum absolute atomic E-state index is 0.614. The lowest BCUT2D eigenvalue weighted by Crippen LogP contribution is -2.04. The van der Waals surface area contributed by atoms with Crippen LogP contribution in [0.5, 0.6) is 0 Å².